The molecule has 1 aliphatic heterocycles. The third-order valence-electron chi connectivity index (χ3n) is 5.21. The highest BCUT2D eigenvalue weighted by molar-refractivity contribution is 6.48. The van der Waals surface area contributed by atoms with Crippen molar-refractivity contribution in [2.45, 2.75) is 66.4 Å². The lowest BCUT2D eigenvalue weighted by molar-refractivity contribution is -0.113. The van der Waals surface area contributed by atoms with Gasteiger partial charge in [0.15, 0.2) is 17.5 Å². The second-order valence-electron chi connectivity index (χ2n) is 8.90. The third-order valence-corrected chi connectivity index (χ3v) is 5.21. The lowest BCUT2D eigenvalue weighted by Crippen LogP contribution is -2.36. The fourth-order valence-corrected chi connectivity index (χ4v) is 3.64. The number of likely N-dealkylation sites (N-methyl/N-ethyl adjacent to an activating group) is 1. The molecular formula is C26H33N3O4. The van der Waals surface area contributed by atoms with Crippen LogP contribution in [0.3, 0.4) is 0 Å². The van der Waals surface area contributed by atoms with Crippen LogP contribution < -0.4 is 0 Å². The Balaban J connectivity index is 2.27. The number of Topliss-reactive ketones (excluding diaryl/α,β-unsaturated/α-hetero) is 2. The highest BCUT2D eigenvalue weighted by Crippen LogP contribution is 2.24. The molecule has 1 heterocycles. The minimum absolute atomic E-state index is 0.00606. The average Bonchev–Trinajstić information content (AvgIpc) is 2.71. The molecule has 33 heavy (non-hydrogen) atoms. The number of hydrogen-bond acceptors (Lipinski definition) is 7. The van der Waals surface area contributed by atoms with Gasteiger partial charge in [0, 0.05) is 20.4 Å². The Hall–Kier alpha value is -3.35. The summed E-state index contributed by atoms with van der Waals surface area (Å²) in [5.41, 5.74) is 2.83. The summed E-state index contributed by atoms with van der Waals surface area (Å²) in [5.74, 6) is -0.271. The van der Waals surface area contributed by atoms with E-state index in [-0.39, 0.29) is 35.6 Å². The molecule has 1 aliphatic rings. The van der Waals surface area contributed by atoms with Crippen LogP contribution in [0.2, 0.25) is 0 Å². The lowest BCUT2D eigenvalue weighted by Gasteiger charge is -2.24. The van der Waals surface area contributed by atoms with Crippen molar-refractivity contribution in [3.63, 3.8) is 0 Å². The van der Waals surface area contributed by atoms with Gasteiger partial charge < -0.3 is 9.64 Å². The molecule has 0 radical (unpaired) electrons. The van der Waals surface area contributed by atoms with Crippen molar-refractivity contribution in [2.24, 2.45) is 9.98 Å². The smallest absolute Gasteiger partial charge is 0.338 e. The topological polar surface area (TPSA) is 88.4 Å². The zero-order valence-corrected chi connectivity index (χ0v) is 20.6. The van der Waals surface area contributed by atoms with Gasteiger partial charge in [0.25, 0.3) is 0 Å². The highest BCUT2D eigenvalue weighted by Gasteiger charge is 2.25. The van der Waals surface area contributed by atoms with Gasteiger partial charge >= 0.3 is 5.97 Å². The third kappa shape index (κ3) is 6.34. The first-order valence-corrected chi connectivity index (χ1v) is 11.0. The van der Waals surface area contributed by atoms with Crippen LogP contribution in [0.25, 0.3) is 0 Å². The maximum atomic E-state index is 12.9. The normalized spacial score (nSPS) is 15.1. The molecule has 7 nitrogen and oxygen atoms in total. The predicted molar refractivity (Wildman–Crippen MR) is 131 cm³/mol. The Morgan fingerprint density at radius 1 is 1.18 bits per heavy atom. The van der Waals surface area contributed by atoms with Crippen LogP contribution in [0.4, 0.5) is 0 Å². The number of amidine groups is 2. The summed E-state index contributed by atoms with van der Waals surface area (Å²) in [4.78, 5) is 47.5. The minimum atomic E-state index is -0.575. The van der Waals surface area contributed by atoms with Gasteiger partial charge in [-0.3, -0.25) is 9.59 Å². The number of carbonyl (C=O) groups is 3. The van der Waals surface area contributed by atoms with Gasteiger partial charge in [-0.1, -0.05) is 25.6 Å². The summed E-state index contributed by atoms with van der Waals surface area (Å²) in [6.45, 7) is 14.5. The molecule has 0 saturated heterocycles. The summed E-state index contributed by atoms with van der Waals surface area (Å²) in [5, 5.41) is 0. The monoisotopic (exact) mass is 451 g/mol. The Labute approximate surface area is 195 Å². The second-order valence-corrected chi connectivity index (χ2v) is 8.90. The van der Waals surface area contributed by atoms with Crippen LogP contribution in [0.1, 0.15) is 68.1 Å². The van der Waals surface area contributed by atoms with E-state index in [2.05, 4.69) is 16.6 Å². The number of hydrogen-bond donors (Lipinski definition) is 0. The van der Waals surface area contributed by atoms with Crippen LogP contribution >= 0.6 is 0 Å². The molecular weight excluding hydrogens is 418 g/mol. The number of aliphatic imine (C=N–C) groups is 2. The fourth-order valence-electron chi connectivity index (χ4n) is 3.64. The molecule has 0 amide bonds. The Morgan fingerprint density at radius 3 is 2.39 bits per heavy atom. The number of aryl methyl sites for hydroxylation is 1. The SMILES string of the molecule is C=C/C=C1/N=C(C(=O)CCc2ccc(C(=O)OC(C)(C)C)c(C)c2CC)N=C(C(C)=O)N1C. The van der Waals surface area contributed by atoms with Gasteiger partial charge in [0.1, 0.15) is 11.4 Å². The van der Waals surface area contributed by atoms with Crippen molar-refractivity contribution < 1.29 is 19.1 Å². The number of rotatable bonds is 8. The van der Waals surface area contributed by atoms with Gasteiger partial charge in [0.05, 0.1) is 5.56 Å². The molecule has 7 heteroatoms. The maximum Gasteiger partial charge on any atom is 0.338 e. The first-order chi connectivity index (χ1) is 15.4. The van der Waals surface area contributed by atoms with Crippen LogP contribution in [0, 0.1) is 6.92 Å². The molecule has 0 saturated carbocycles. The number of carbonyl (C=O) groups excluding carboxylic acids is 3. The summed E-state index contributed by atoms with van der Waals surface area (Å²) < 4.78 is 5.52. The Bertz CT molecular complexity index is 1070. The van der Waals surface area contributed by atoms with Crippen molar-refractivity contribution in [3.05, 3.63) is 58.9 Å². The molecule has 176 valence electrons. The molecule has 0 aromatic heterocycles. The molecule has 0 unspecified atom stereocenters. The van der Waals surface area contributed by atoms with Gasteiger partial charge in [-0.15, -0.1) is 0 Å². The number of benzene rings is 1. The van der Waals surface area contributed by atoms with Crippen molar-refractivity contribution in [1.82, 2.24) is 4.90 Å². The number of allylic oxidation sites excluding steroid dienone is 2. The van der Waals surface area contributed by atoms with Crippen LogP contribution in [0.15, 0.2) is 46.7 Å². The molecule has 0 N–H and O–H groups in total. The second kappa shape index (κ2) is 10.5. The maximum absolute atomic E-state index is 12.9. The molecule has 2 rings (SSSR count). The summed E-state index contributed by atoms with van der Waals surface area (Å²) >= 11 is 0. The van der Waals surface area contributed by atoms with E-state index >= 15 is 0 Å². The highest BCUT2D eigenvalue weighted by atomic mass is 16.6. The lowest BCUT2D eigenvalue weighted by atomic mass is 9.92. The first-order valence-electron chi connectivity index (χ1n) is 11.0. The average molecular weight is 452 g/mol. The van der Waals surface area contributed by atoms with Crippen LogP contribution in [0.5, 0.6) is 0 Å². The fraction of sp³-hybridized carbons (Fsp3) is 0.423. The van der Waals surface area contributed by atoms with Gasteiger partial charge in [-0.25, -0.2) is 14.8 Å². The molecule has 0 bridgehead atoms. The molecule has 0 aliphatic carbocycles. The van der Waals surface area contributed by atoms with E-state index in [0.29, 0.717) is 17.8 Å². The van der Waals surface area contributed by atoms with Crippen LogP contribution in [-0.4, -0.2) is 46.8 Å². The molecule has 0 fully saturated rings. The zero-order chi connectivity index (χ0) is 24.9. The van der Waals surface area contributed by atoms with E-state index in [9.17, 15) is 14.4 Å². The van der Waals surface area contributed by atoms with Crippen molar-refractivity contribution in [2.75, 3.05) is 7.05 Å². The number of ketones is 2. The Morgan fingerprint density at radius 2 is 1.85 bits per heavy atom. The zero-order valence-electron chi connectivity index (χ0n) is 20.6. The molecule has 0 atom stereocenters. The largest absolute Gasteiger partial charge is 0.456 e. The van der Waals surface area contributed by atoms with E-state index in [1.807, 2.05) is 40.7 Å². The number of esters is 1. The number of nitrogens with zero attached hydrogens (tertiary/aromatic N) is 3. The predicted octanol–water partition coefficient (Wildman–Crippen LogP) is 4.37. The summed E-state index contributed by atoms with van der Waals surface area (Å²) in [7, 11) is 1.67. The van der Waals surface area contributed by atoms with E-state index in [1.54, 1.807) is 25.3 Å². The Kier molecular flexibility index (Phi) is 8.25. The van der Waals surface area contributed by atoms with E-state index in [0.717, 1.165) is 23.1 Å². The van der Waals surface area contributed by atoms with Gasteiger partial charge in [-0.05, 0) is 69.4 Å². The molecule has 1 aromatic rings. The van der Waals surface area contributed by atoms with Gasteiger partial charge in [0.2, 0.25) is 5.78 Å². The van der Waals surface area contributed by atoms with E-state index < -0.39 is 5.60 Å². The molecule has 1 aromatic carbocycles. The minimum Gasteiger partial charge on any atom is -0.456 e. The van der Waals surface area contributed by atoms with Crippen molar-refractivity contribution >= 4 is 29.2 Å². The van der Waals surface area contributed by atoms with E-state index in [4.69, 9.17) is 4.74 Å². The van der Waals surface area contributed by atoms with E-state index in [1.165, 1.54) is 11.8 Å². The number of ether oxygens (including phenoxy) is 1. The summed E-state index contributed by atoms with van der Waals surface area (Å²) in [6.07, 6.45) is 4.53. The molecule has 0 spiro atoms. The van der Waals surface area contributed by atoms with Gasteiger partial charge in [-0.2, -0.15) is 0 Å². The van der Waals surface area contributed by atoms with Crippen molar-refractivity contribution in [3.8, 4) is 0 Å². The van der Waals surface area contributed by atoms with Crippen LogP contribution in [-0.2, 0) is 27.2 Å². The first kappa shape index (κ1) is 25.9. The summed E-state index contributed by atoms with van der Waals surface area (Å²) in [6, 6.07) is 3.63. The standard InChI is InChI=1S/C26H33N3O4/c1-9-11-22-27-23(28-24(17(4)30)29(22)8)21(31)15-13-18-12-14-20(16(3)19(18)10-2)25(32)33-26(5,6)7/h9,11-12,14H,1,10,13,15H2,2-8H3/b22-11-. The quantitative estimate of drug-likeness (QED) is 0.548. The van der Waals surface area contributed by atoms with Crippen molar-refractivity contribution in [1.29, 1.82) is 0 Å².